The lowest BCUT2D eigenvalue weighted by atomic mass is 10.0. The van der Waals surface area contributed by atoms with Gasteiger partial charge in [-0.3, -0.25) is 10.1 Å². The Morgan fingerprint density at radius 2 is 2.00 bits per heavy atom. The van der Waals surface area contributed by atoms with Crippen LogP contribution in [0.25, 0.3) is 0 Å². The minimum atomic E-state index is -0.659. The molecule has 0 radical (unpaired) electrons. The van der Waals surface area contributed by atoms with Crippen LogP contribution in [0.15, 0.2) is 57.9 Å². The van der Waals surface area contributed by atoms with Gasteiger partial charge in [-0.15, -0.1) is 0 Å². The second kappa shape index (κ2) is 6.85. The molecule has 0 fully saturated rings. The zero-order valence-electron chi connectivity index (χ0n) is 11.3. The first kappa shape index (κ1) is 16.4. The molecule has 2 N–H and O–H groups in total. The van der Waals surface area contributed by atoms with Crippen LogP contribution in [0.5, 0.6) is 0 Å². The van der Waals surface area contributed by atoms with Gasteiger partial charge in [0.15, 0.2) is 0 Å². The fourth-order valence-corrected chi connectivity index (χ4v) is 2.31. The lowest BCUT2D eigenvalue weighted by Crippen LogP contribution is -2.65. The largest absolute Gasteiger partial charge is 0.625 e. The van der Waals surface area contributed by atoms with E-state index in [1.165, 1.54) is 30.3 Å². The molecular weight excluding hydrogens is 371 g/mol. The molecule has 0 bridgehead atoms. The van der Waals surface area contributed by atoms with E-state index in [2.05, 4.69) is 21.2 Å². The van der Waals surface area contributed by atoms with Gasteiger partial charge in [0.2, 0.25) is 5.71 Å². The van der Waals surface area contributed by atoms with E-state index in [4.69, 9.17) is 0 Å². The number of nitrogens with zero attached hydrogens (tertiary/aromatic N) is 2. The maximum Gasteiger partial charge on any atom is 0.290 e. The predicted molar refractivity (Wildman–Crippen MR) is 84.1 cm³/mol. The van der Waals surface area contributed by atoms with Gasteiger partial charge in [-0.05, 0) is 46.3 Å². The topological polar surface area (TPSA) is 116 Å². The Labute approximate surface area is 138 Å². The number of anilines is 1. The summed E-state index contributed by atoms with van der Waals surface area (Å²) in [6, 6.07) is 7.11. The highest BCUT2D eigenvalue weighted by Gasteiger charge is 2.28. The van der Waals surface area contributed by atoms with Crippen LogP contribution in [-0.4, -0.2) is 10.6 Å². The van der Waals surface area contributed by atoms with Crippen LogP contribution < -0.4 is 10.5 Å². The van der Waals surface area contributed by atoms with Gasteiger partial charge in [-0.1, -0.05) is 0 Å². The van der Waals surface area contributed by atoms with E-state index in [1.54, 1.807) is 5.16 Å². The van der Waals surface area contributed by atoms with Gasteiger partial charge in [0.25, 0.3) is 5.70 Å². The molecule has 23 heavy (non-hydrogen) atoms. The Morgan fingerprint density at radius 1 is 1.35 bits per heavy atom. The third-order valence-corrected chi connectivity index (χ3v) is 3.52. The van der Waals surface area contributed by atoms with Crippen LogP contribution in [-0.2, 0) is 0 Å². The molecule has 0 amide bonds. The number of halogens is 2. The van der Waals surface area contributed by atoms with Crippen molar-refractivity contribution in [3.63, 3.8) is 0 Å². The second-order valence-corrected chi connectivity index (χ2v) is 5.18. The fraction of sp³-hybridized carbons (Fsp3) is 0. The molecule has 2 rings (SSSR count). The summed E-state index contributed by atoms with van der Waals surface area (Å²) in [5.74, 6) is -0.436. The zero-order chi connectivity index (χ0) is 17.0. The second-order valence-electron chi connectivity index (χ2n) is 4.33. The molecule has 116 valence electrons. The summed E-state index contributed by atoms with van der Waals surface area (Å²) in [6.45, 7) is 0. The van der Waals surface area contributed by atoms with Gasteiger partial charge in [0.05, 0.1) is 21.1 Å². The molecule has 0 heterocycles. The van der Waals surface area contributed by atoms with Crippen LogP contribution >= 0.6 is 15.9 Å². The third-order valence-electron chi connectivity index (χ3n) is 2.89. The van der Waals surface area contributed by atoms with Crippen molar-refractivity contribution in [2.75, 3.05) is 5.32 Å². The molecular formula is C14H8BrFN4O3. The monoisotopic (exact) mass is 378 g/mol. The minimum Gasteiger partial charge on any atom is -0.625 e. The summed E-state index contributed by atoms with van der Waals surface area (Å²) in [7, 11) is 0. The van der Waals surface area contributed by atoms with Crippen molar-refractivity contribution in [2.24, 2.45) is 0 Å². The Bertz CT molecular complexity index is 819. The predicted octanol–water partition coefficient (Wildman–Crippen LogP) is 1.49. The number of benzene rings is 1. The van der Waals surface area contributed by atoms with Crippen LogP contribution in [0.4, 0.5) is 10.1 Å². The molecule has 0 saturated heterocycles. The van der Waals surface area contributed by atoms with Crippen LogP contribution in [0.2, 0.25) is 0 Å². The van der Waals surface area contributed by atoms with Crippen molar-refractivity contribution in [3.05, 3.63) is 79.0 Å². The minimum absolute atomic E-state index is 0.0226. The molecule has 1 aliphatic rings. The fourth-order valence-electron chi connectivity index (χ4n) is 1.83. The van der Waals surface area contributed by atoms with Crippen LogP contribution in [0.1, 0.15) is 0 Å². The van der Waals surface area contributed by atoms with Crippen molar-refractivity contribution >= 4 is 27.3 Å². The molecule has 0 saturated carbocycles. The highest BCUT2D eigenvalue weighted by molar-refractivity contribution is 9.12. The summed E-state index contributed by atoms with van der Waals surface area (Å²) in [4.78, 5) is 10.2. The van der Waals surface area contributed by atoms with Crippen molar-refractivity contribution < 1.29 is 14.5 Å². The summed E-state index contributed by atoms with van der Waals surface area (Å²) >= 11 is 3.03. The normalized spacial score (nSPS) is 17.9. The molecule has 0 aromatic heterocycles. The number of nitriles is 1. The first-order valence-electron chi connectivity index (χ1n) is 6.12. The van der Waals surface area contributed by atoms with Crippen molar-refractivity contribution in [3.8, 4) is 6.07 Å². The van der Waals surface area contributed by atoms with E-state index in [-0.39, 0.29) is 27.2 Å². The zero-order valence-corrected chi connectivity index (χ0v) is 12.9. The SMILES string of the molecule is N#C/C(Nc1ccc(F)cc1)=C1\C=C(Br)C([N+](=O)[O-])=C\C1=[NH+]/[O-]. The number of rotatable bonds is 3. The molecule has 0 aliphatic heterocycles. The molecule has 0 atom stereocenters. The van der Waals surface area contributed by atoms with Gasteiger partial charge in [0, 0.05) is 5.69 Å². The highest BCUT2D eigenvalue weighted by Crippen LogP contribution is 2.27. The molecule has 1 aliphatic carbocycles. The van der Waals surface area contributed by atoms with Crippen LogP contribution in [0.3, 0.4) is 0 Å². The first-order valence-corrected chi connectivity index (χ1v) is 6.91. The molecule has 1 aromatic rings. The third kappa shape index (κ3) is 3.61. The van der Waals surface area contributed by atoms with E-state index in [1.807, 2.05) is 6.07 Å². The number of allylic oxidation sites excluding steroid dienone is 5. The summed E-state index contributed by atoms with van der Waals surface area (Å²) in [5.41, 5.74) is 0.0985. The number of hydrogen-bond acceptors (Lipinski definition) is 5. The molecule has 7 nitrogen and oxygen atoms in total. The van der Waals surface area contributed by atoms with E-state index in [0.717, 1.165) is 6.08 Å². The van der Waals surface area contributed by atoms with E-state index >= 15 is 0 Å². The maximum atomic E-state index is 12.9. The molecule has 0 unspecified atom stereocenters. The maximum absolute atomic E-state index is 12.9. The van der Waals surface area contributed by atoms with E-state index in [0.29, 0.717) is 5.69 Å². The van der Waals surface area contributed by atoms with Gasteiger partial charge >= 0.3 is 0 Å². The smallest absolute Gasteiger partial charge is 0.290 e. The van der Waals surface area contributed by atoms with Gasteiger partial charge in [0.1, 0.15) is 17.6 Å². The number of nitro groups is 1. The van der Waals surface area contributed by atoms with Gasteiger partial charge < -0.3 is 10.5 Å². The average molecular weight is 379 g/mol. The van der Waals surface area contributed by atoms with Crippen LogP contribution in [0, 0.1) is 32.5 Å². The van der Waals surface area contributed by atoms with Gasteiger partial charge in [-0.2, -0.15) is 5.26 Å². The number of nitrogens with one attached hydrogen (secondary N) is 2. The Balaban J connectivity index is 2.47. The molecule has 9 heteroatoms. The Kier molecular flexibility index (Phi) is 4.88. The Hall–Kier alpha value is -2.99. The molecule has 0 spiro atoms. The van der Waals surface area contributed by atoms with Crippen molar-refractivity contribution in [1.29, 1.82) is 5.26 Å². The highest BCUT2D eigenvalue weighted by atomic mass is 79.9. The Morgan fingerprint density at radius 3 is 2.52 bits per heavy atom. The van der Waals surface area contributed by atoms with Crippen molar-refractivity contribution in [2.45, 2.75) is 0 Å². The lowest BCUT2D eigenvalue weighted by Gasteiger charge is -2.11. The van der Waals surface area contributed by atoms with E-state index < -0.39 is 10.7 Å². The summed E-state index contributed by atoms with van der Waals surface area (Å²) < 4.78 is 13.0. The van der Waals surface area contributed by atoms with Crippen molar-refractivity contribution in [1.82, 2.24) is 0 Å². The lowest BCUT2D eigenvalue weighted by molar-refractivity contribution is -0.420. The molecule has 1 aromatic carbocycles. The first-order chi connectivity index (χ1) is 11.0. The number of hydrogen-bond donors (Lipinski definition) is 2. The summed E-state index contributed by atoms with van der Waals surface area (Å²) in [6.07, 6.45) is 2.31. The summed E-state index contributed by atoms with van der Waals surface area (Å²) in [5, 5.41) is 35.6. The van der Waals surface area contributed by atoms with E-state index in [9.17, 15) is 25.0 Å². The average Bonchev–Trinajstić information content (AvgIpc) is 2.53. The quantitative estimate of drug-likeness (QED) is 0.357. The van der Waals surface area contributed by atoms with Gasteiger partial charge in [-0.25, -0.2) is 9.55 Å². The standard InChI is InChI=1S/C14H8BrFN4O3/c15-11-5-10(12(19-21)6-14(11)20(22)23)13(7-17)18-9-3-1-8(16)2-4-9/h1-6,18-19H/b13-10-,19-12+.